The molecule has 0 spiro atoms. The molecule has 0 saturated heterocycles. The predicted octanol–water partition coefficient (Wildman–Crippen LogP) is 16.1. The van der Waals surface area contributed by atoms with Crippen LogP contribution in [0.5, 0.6) is 0 Å². The molecule has 0 aromatic carbocycles. The van der Waals surface area contributed by atoms with Crippen molar-refractivity contribution >= 4 is 17.9 Å². The van der Waals surface area contributed by atoms with Crippen LogP contribution >= 0.6 is 0 Å². The molecule has 0 aliphatic carbocycles. The van der Waals surface area contributed by atoms with Crippen molar-refractivity contribution in [1.82, 2.24) is 0 Å². The molecule has 0 aromatic heterocycles. The molecule has 0 N–H and O–H groups in total. The fourth-order valence-corrected chi connectivity index (χ4v) is 8.19. The standard InChI is InChI=1S/C63H111NO8/c1-6-8-10-12-14-16-18-19-20-21-22-23-24-25-26-27-28-29-30-31-32-33-34-35-36-37-38-39-40-41-42-43-44-46-48-50-52-54-61(66)72-59(58-71-63(62(67)68)69-56-55-64(3,4)5)57-70-60(65)53-51-49-47-45-17-15-13-11-9-7-2/h8,10,14,16,19-20,22-23,25-26,28-29,59,63H,6-7,9,11-13,15,17-18,21,24,27,30-58H2,1-5H3/b10-8-,16-14-,20-19-,23-22-,26-25-,29-28-. The largest absolute Gasteiger partial charge is 0.545 e. The number of allylic oxidation sites excluding steroid dienone is 12. The van der Waals surface area contributed by atoms with Crippen molar-refractivity contribution in [3.8, 4) is 0 Å². The molecular formula is C63H111NO8. The average Bonchev–Trinajstić information content (AvgIpc) is 3.35. The molecule has 0 amide bonds. The Bertz CT molecular complexity index is 1410. The van der Waals surface area contributed by atoms with E-state index in [-0.39, 0.29) is 32.2 Å². The van der Waals surface area contributed by atoms with Crippen molar-refractivity contribution in [2.75, 3.05) is 47.5 Å². The highest BCUT2D eigenvalue weighted by atomic mass is 16.7. The molecule has 0 rings (SSSR count). The SMILES string of the molecule is CC/C=C\C/C=C\C/C=C\C/C=C\C/C=C\C/C=C\CCCCCCCCCCCCCCCCCCCCC(=O)OC(COC(=O)CCCCCCCCCCCC)COC(OCC[N+](C)(C)C)C(=O)[O-]. The summed E-state index contributed by atoms with van der Waals surface area (Å²) in [6.07, 6.45) is 66.9. The van der Waals surface area contributed by atoms with Gasteiger partial charge in [0.05, 0.1) is 40.3 Å². The molecule has 72 heavy (non-hydrogen) atoms. The summed E-state index contributed by atoms with van der Waals surface area (Å²) in [5.41, 5.74) is 0. The number of hydrogen-bond acceptors (Lipinski definition) is 8. The van der Waals surface area contributed by atoms with Crippen LogP contribution in [0, 0.1) is 0 Å². The molecule has 2 unspecified atom stereocenters. The van der Waals surface area contributed by atoms with E-state index in [0.717, 1.165) is 70.6 Å². The van der Waals surface area contributed by atoms with E-state index >= 15 is 0 Å². The van der Waals surface area contributed by atoms with E-state index in [1.165, 1.54) is 148 Å². The van der Waals surface area contributed by atoms with E-state index in [4.69, 9.17) is 18.9 Å². The van der Waals surface area contributed by atoms with Crippen LogP contribution in [-0.2, 0) is 33.3 Å². The van der Waals surface area contributed by atoms with Crippen LogP contribution in [0.4, 0.5) is 0 Å². The van der Waals surface area contributed by atoms with E-state index < -0.39 is 24.3 Å². The molecule has 0 saturated carbocycles. The first kappa shape index (κ1) is 68.7. The van der Waals surface area contributed by atoms with Crippen LogP contribution < -0.4 is 5.11 Å². The number of nitrogens with zero attached hydrogens (tertiary/aromatic N) is 1. The van der Waals surface area contributed by atoms with Crippen LogP contribution in [0.3, 0.4) is 0 Å². The number of carboxylic acid groups (broad SMARTS) is 1. The number of carbonyl (C=O) groups is 3. The van der Waals surface area contributed by atoms with Crippen LogP contribution in [0.25, 0.3) is 0 Å². The van der Waals surface area contributed by atoms with Gasteiger partial charge in [-0.2, -0.15) is 0 Å². The number of carbonyl (C=O) groups excluding carboxylic acids is 3. The summed E-state index contributed by atoms with van der Waals surface area (Å²) in [6.45, 7) is 4.63. The van der Waals surface area contributed by atoms with Gasteiger partial charge < -0.3 is 33.3 Å². The highest BCUT2D eigenvalue weighted by Crippen LogP contribution is 2.17. The van der Waals surface area contributed by atoms with Crippen LogP contribution in [-0.4, -0.2) is 82.3 Å². The number of esters is 2. The van der Waals surface area contributed by atoms with Gasteiger partial charge >= 0.3 is 11.9 Å². The maximum absolute atomic E-state index is 12.8. The van der Waals surface area contributed by atoms with Crippen molar-refractivity contribution in [2.24, 2.45) is 0 Å². The van der Waals surface area contributed by atoms with Crippen molar-refractivity contribution in [3.63, 3.8) is 0 Å². The Kier molecular flexibility index (Phi) is 51.6. The van der Waals surface area contributed by atoms with E-state index in [1.807, 2.05) is 21.1 Å². The van der Waals surface area contributed by atoms with Gasteiger partial charge in [-0.25, -0.2) is 0 Å². The highest BCUT2D eigenvalue weighted by molar-refractivity contribution is 5.70. The Morgan fingerprint density at radius 3 is 1.18 bits per heavy atom. The molecule has 9 heteroatoms. The lowest BCUT2D eigenvalue weighted by Gasteiger charge is -2.26. The Morgan fingerprint density at radius 2 is 0.792 bits per heavy atom. The molecule has 9 nitrogen and oxygen atoms in total. The lowest BCUT2D eigenvalue weighted by Crippen LogP contribution is -2.44. The second kappa shape index (κ2) is 54.0. The smallest absolute Gasteiger partial charge is 0.306 e. The van der Waals surface area contributed by atoms with E-state index in [2.05, 4.69) is 86.8 Å². The molecular weight excluding hydrogens is 899 g/mol. The maximum atomic E-state index is 12.8. The number of rotatable bonds is 54. The number of hydrogen-bond donors (Lipinski definition) is 0. The Hall–Kier alpha value is -3.27. The van der Waals surface area contributed by atoms with Crippen molar-refractivity contribution in [2.45, 2.75) is 264 Å². The normalized spacial score (nSPS) is 13.3. The minimum Gasteiger partial charge on any atom is -0.545 e. The molecule has 0 heterocycles. The Morgan fingerprint density at radius 1 is 0.431 bits per heavy atom. The molecule has 0 aliphatic heterocycles. The quantitative estimate of drug-likeness (QED) is 0.0195. The Balaban J connectivity index is 3.99. The van der Waals surface area contributed by atoms with Gasteiger partial charge in [0.2, 0.25) is 0 Å². The summed E-state index contributed by atoms with van der Waals surface area (Å²) < 4.78 is 22.6. The fourth-order valence-electron chi connectivity index (χ4n) is 8.19. The molecule has 0 aliphatic rings. The molecule has 0 aromatic rings. The predicted molar refractivity (Wildman–Crippen MR) is 301 cm³/mol. The third-order valence-corrected chi connectivity index (χ3v) is 12.7. The molecule has 0 radical (unpaired) electrons. The summed E-state index contributed by atoms with van der Waals surface area (Å²) in [6, 6.07) is 0. The summed E-state index contributed by atoms with van der Waals surface area (Å²) in [5, 5.41) is 11.7. The first-order chi connectivity index (χ1) is 35.1. The zero-order chi connectivity index (χ0) is 52.7. The maximum Gasteiger partial charge on any atom is 0.306 e. The molecule has 416 valence electrons. The number of carboxylic acids is 1. The van der Waals surface area contributed by atoms with Crippen LogP contribution in [0.15, 0.2) is 72.9 Å². The third kappa shape index (κ3) is 54.5. The minimum atomic E-state index is -1.62. The number of aliphatic carboxylic acids is 1. The van der Waals surface area contributed by atoms with Crippen LogP contribution in [0.2, 0.25) is 0 Å². The van der Waals surface area contributed by atoms with Gasteiger partial charge in [-0.15, -0.1) is 0 Å². The molecule has 0 fully saturated rings. The lowest BCUT2D eigenvalue weighted by atomic mass is 10.0. The number of ether oxygens (including phenoxy) is 4. The number of unbranched alkanes of at least 4 members (excludes halogenated alkanes) is 27. The van der Waals surface area contributed by atoms with Crippen molar-refractivity contribution in [1.29, 1.82) is 0 Å². The summed E-state index contributed by atoms with van der Waals surface area (Å²) in [4.78, 5) is 37.1. The minimum absolute atomic E-state index is 0.148. The summed E-state index contributed by atoms with van der Waals surface area (Å²) >= 11 is 0. The molecule has 2 atom stereocenters. The second-order valence-electron chi connectivity index (χ2n) is 20.9. The average molecular weight is 1010 g/mol. The van der Waals surface area contributed by atoms with E-state index in [1.54, 1.807) is 0 Å². The van der Waals surface area contributed by atoms with E-state index in [9.17, 15) is 19.5 Å². The topological polar surface area (TPSA) is 111 Å². The Labute approximate surface area is 443 Å². The fraction of sp³-hybridized carbons (Fsp3) is 0.762. The van der Waals surface area contributed by atoms with Gasteiger partial charge in [0, 0.05) is 12.8 Å². The lowest BCUT2D eigenvalue weighted by molar-refractivity contribution is -0.870. The first-order valence-electron chi connectivity index (χ1n) is 29.6. The van der Waals surface area contributed by atoms with Crippen molar-refractivity contribution in [3.05, 3.63) is 72.9 Å². The highest BCUT2D eigenvalue weighted by Gasteiger charge is 2.22. The van der Waals surface area contributed by atoms with Gasteiger partial charge in [-0.1, -0.05) is 247 Å². The van der Waals surface area contributed by atoms with Gasteiger partial charge in [-0.05, 0) is 64.2 Å². The monoisotopic (exact) mass is 1010 g/mol. The zero-order valence-electron chi connectivity index (χ0n) is 47.3. The summed E-state index contributed by atoms with van der Waals surface area (Å²) in [7, 11) is 5.92. The molecule has 0 bridgehead atoms. The van der Waals surface area contributed by atoms with Crippen molar-refractivity contribution < 1.29 is 42.9 Å². The van der Waals surface area contributed by atoms with Crippen LogP contribution in [0.1, 0.15) is 251 Å². The zero-order valence-corrected chi connectivity index (χ0v) is 47.3. The third-order valence-electron chi connectivity index (χ3n) is 12.7. The van der Waals surface area contributed by atoms with Gasteiger partial charge in [0.15, 0.2) is 12.4 Å². The van der Waals surface area contributed by atoms with Gasteiger partial charge in [-0.3, -0.25) is 9.59 Å². The van der Waals surface area contributed by atoms with Gasteiger partial charge in [0.25, 0.3) is 0 Å². The second-order valence-corrected chi connectivity index (χ2v) is 20.9. The summed E-state index contributed by atoms with van der Waals surface area (Å²) in [5.74, 6) is -2.28. The number of likely N-dealkylation sites (N-methyl/N-ethyl adjacent to an activating group) is 1. The number of quaternary nitrogens is 1. The van der Waals surface area contributed by atoms with Gasteiger partial charge in [0.1, 0.15) is 13.2 Å². The van der Waals surface area contributed by atoms with E-state index in [0.29, 0.717) is 23.9 Å². The first-order valence-corrected chi connectivity index (χ1v) is 29.6.